The van der Waals surface area contributed by atoms with E-state index in [9.17, 15) is 0 Å². The third kappa shape index (κ3) is 4.09. The fourth-order valence-corrected chi connectivity index (χ4v) is 1.83. The summed E-state index contributed by atoms with van der Waals surface area (Å²) in [5.74, 6) is 0.616. The van der Waals surface area contributed by atoms with Crippen LogP contribution in [0.4, 0.5) is 0 Å². The van der Waals surface area contributed by atoms with Crippen molar-refractivity contribution in [2.24, 2.45) is 0 Å². The van der Waals surface area contributed by atoms with Gasteiger partial charge in [-0.15, -0.1) is 11.6 Å². The summed E-state index contributed by atoms with van der Waals surface area (Å²) in [4.78, 5) is 4.12. The van der Waals surface area contributed by atoms with E-state index in [4.69, 9.17) is 11.6 Å². The van der Waals surface area contributed by atoms with Crippen molar-refractivity contribution in [3.8, 4) is 0 Å². The SMILES string of the molecule is CCC(C)(CCl)NCc1cncc(Br)c1. The zero-order valence-corrected chi connectivity index (χ0v) is 11.4. The van der Waals surface area contributed by atoms with Gasteiger partial charge < -0.3 is 5.32 Å². The van der Waals surface area contributed by atoms with Gasteiger partial charge in [0, 0.05) is 34.8 Å². The van der Waals surface area contributed by atoms with Crippen LogP contribution in [0.2, 0.25) is 0 Å². The minimum Gasteiger partial charge on any atom is -0.306 e. The number of hydrogen-bond donors (Lipinski definition) is 1. The van der Waals surface area contributed by atoms with Crippen LogP contribution in [0.1, 0.15) is 25.8 Å². The molecular weight excluding hydrogens is 275 g/mol. The van der Waals surface area contributed by atoms with E-state index in [1.807, 2.05) is 6.20 Å². The molecule has 1 heterocycles. The average molecular weight is 292 g/mol. The lowest BCUT2D eigenvalue weighted by Crippen LogP contribution is -2.42. The average Bonchev–Trinajstić information content (AvgIpc) is 2.26. The Bertz CT molecular complexity index is 313. The largest absolute Gasteiger partial charge is 0.306 e. The van der Waals surface area contributed by atoms with Gasteiger partial charge in [0.2, 0.25) is 0 Å². The number of aromatic nitrogens is 1. The van der Waals surface area contributed by atoms with E-state index in [0.717, 1.165) is 23.0 Å². The van der Waals surface area contributed by atoms with Gasteiger partial charge in [0.1, 0.15) is 0 Å². The van der Waals surface area contributed by atoms with Crippen molar-refractivity contribution in [2.45, 2.75) is 32.4 Å². The molecule has 84 valence electrons. The van der Waals surface area contributed by atoms with Crippen molar-refractivity contribution >= 4 is 27.5 Å². The second-order valence-electron chi connectivity index (χ2n) is 3.91. The van der Waals surface area contributed by atoms with Crippen LogP contribution >= 0.6 is 27.5 Å². The predicted molar refractivity (Wildman–Crippen MR) is 68.2 cm³/mol. The number of nitrogens with zero attached hydrogens (tertiary/aromatic N) is 1. The molecule has 1 N–H and O–H groups in total. The molecule has 15 heavy (non-hydrogen) atoms. The van der Waals surface area contributed by atoms with E-state index in [0.29, 0.717) is 5.88 Å². The topological polar surface area (TPSA) is 24.9 Å². The maximum Gasteiger partial charge on any atom is 0.0410 e. The smallest absolute Gasteiger partial charge is 0.0410 e. The zero-order chi connectivity index (χ0) is 11.3. The highest BCUT2D eigenvalue weighted by Gasteiger charge is 2.19. The van der Waals surface area contributed by atoms with Crippen LogP contribution in [-0.4, -0.2) is 16.4 Å². The van der Waals surface area contributed by atoms with E-state index in [2.05, 4.69) is 46.1 Å². The van der Waals surface area contributed by atoms with Crippen molar-refractivity contribution in [3.05, 3.63) is 28.5 Å². The number of halogens is 2. The van der Waals surface area contributed by atoms with Crippen LogP contribution in [0.3, 0.4) is 0 Å². The number of alkyl halides is 1. The van der Waals surface area contributed by atoms with E-state index >= 15 is 0 Å². The van der Waals surface area contributed by atoms with Gasteiger partial charge in [-0.05, 0) is 40.9 Å². The highest BCUT2D eigenvalue weighted by molar-refractivity contribution is 9.10. The molecule has 0 saturated carbocycles. The van der Waals surface area contributed by atoms with Gasteiger partial charge in [0.25, 0.3) is 0 Å². The summed E-state index contributed by atoms with van der Waals surface area (Å²) in [5.41, 5.74) is 1.17. The van der Waals surface area contributed by atoms with Gasteiger partial charge in [-0.3, -0.25) is 4.98 Å². The fraction of sp³-hybridized carbons (Fsp3) is 0.545. The Balaban J connectivity index is 2.56. The highest BCUT2D eigenvalue weighted by Crippen LogP contribution is 2.14. The van der Waals surface area contributed by atoms with Crippen molar-refractivity contribution < 1.29 is 0 Å². The second-order valence-corrected chi connectivity index (χ2v) is 5.10. The zero-order valence-electron chi connectivity index (χ0n) is 9.06. The van der Waals surface area contributed by atoms with Crippen molar-refractivity contribution in [3.63, 3.8) is 0 Å². The fourth-order valence-electron chi connectivity index (χ4n) is 1.13. The van der Waals surface area contributed by atoms with E-state index in [-0.39, 0.29) is 5.54 Å². The summed E-state index contributed by atoms with van der Waals surface area (Å²) >= 11 is 9.32. The third-order valence-corrected chi connectivity index (χ3v) is 3.58. The molecule has 1 aromatic rings. The first kappa shape index (κ1) is 12.9. The summed E-state index contributed by atoms with van der Waals surface area (Å²) in [6.07, 6.45) is 4.66. The standard InChI is InChI=1S/C11H16BrClN2/c1-3-11(2,8-13)15-6-9-4-10(12)7-14-5-9/h4-5,7,15H,3,6,8H2,1-2H3. The molecule has 0 bridgehead atoms. The van der Waals surface area contributed by atoms with Gasteiger partial charge in [-0.2, -0.15) is 0 Å². The number of pyridine rings is 1. The second kappa shape index (κ2) is 5.83. The van der Waals surface area contributed by atoms with Crippen LogP contribution < -0.4 is 5.32 Å². The summed E-state index contributed by atoms with van der Waals surface area (Å²) in [5, 5.41) is 3.45. The molecular formula is C11H16BrClN2. The Morgan fingerprint density at radius 1 is 1.53 bits per heavy atom. The minimum absolute atomic E-state index is 0.00384. The van der Waals surface area contributed by atoms with Crippen molar-refractivity contribution in [2.75, 3.05) is 5.88 Å². The molecule has 0 radical (unpaired) electrons. The summed E-state index contributed by atoms with van der Waals surface area (Å²) in [7, 11) is 0. The monoisotopic (exact) mass is 290 g/mol. The minimum atomic E-state index is 0.00384. The molecule has 0 amide bonds. The van der Waals surface area contributed by atoms with Crippen molar-refractivity contribution in [1.29, 1.82) is 0 Å². The first-order valence-corrected chi connectivity index (χ1v) is 6.33. The summed E-state index contributed by atoms with van der Waals surface area (Å²) in [6.45, 7) is 5.06. The lowest BCUT2D eigenvalue weighted by molar-refractivity contribution is 0.379. The first-order valence-electron chi connectivity index (χ1n) is 5.00. The van der Waals surface area contributed by atoms with Crippen LogP contribution in [-0.2, 0) is 6.54 Å². The lowest BCUT2D eigenvalue weighted by atomic mass is 10.0. The van der Waals surface area contributed by atoms with Gasteiger partial charge in [-0.1, -0.05) is 6.92 Å². The Labute approximate surface area is 105 Å². The summed E-state index contributed by atoms with van der Waals surface area (Å²) in [6, 6.07) is 2.06. The van der Waals surface area contributed by atoms with Gasteiger partial charge in [-0.25, -0.2) is 0 Å². The normalized spacial score (nSPS) is 14.9. The predicted octanol–water partition coefficient (Wildman–Crippen LogP) is 3.34. The molecule has 1 unspecified atom stereocenters. The molecule has 1 atom stereocenters. The molecule has 1 aromatic heterocycles. The molecule has 1 rings (SSSR count). The van der Waals surface area contributed by atoms with Crippen LogP contribution in [0, 0.1) is 0 Å². The summed E-state index contributed by atoms with van der Waals surface area (Å²) < 4.78 is 1.01. The number of nitrogens with one attached hydrogen (secondary N) is 1. The molecule has 0 aliphatic rings. The van der Waals surface area contributed by atoms with Gasteiger partial charge in [0.15, 0.2) is 0 Å². The molecule has 0 saturated heterocycles. The third-order valence-electron chi connectivity index (χ3n) is 2.56. The molecule has 0 spiro atoms. The van der Waals surface area contributed by atoms with Gasteiger partial charge >= 0.3 is 0 Å². The Hall–Kier alpha value is -0.120. The maximum absolute atomic E-state index is 5.92. The lowest BCUT2D eigenvalue weighted by Gasteiger charge is -2.27. The number of rotatable bonds is 5. The number of hydrogen-bond acceptors (Lipinski definition) is 2. The molecule has 0 aromatic carbocycles. The highest BCUT2D eigenvalue weighted by atomic mass is 79.9. The molecule has 4 heteroatoms. The quantitative estimate of drug-likeness (QED) is 0.842. The Morgan fingerprint density at radius 2 is 2.27 bits per heavy atom. The van der Waals surface area contributed by atoms with E-state index in [1.54, 1.807) is 6.20 Å². The van der Waals surface area contributed by atoms with Gasteiger partial charge in [0.05, 0.1) is 0 Å². The van der Waals surface area contributed by atoms with Crippen LogP contribution in [0.5, 0.6) is 0 Å². The van der Waals surface area contributed by atoms with Crippen LogP contribution in [0.15, 0.2) is 22.9 Å². The van der Waals surface area contributed by atoms with Crippen LogP contribution in [0.25, 0.3) is 0 Å². The molecule has 0 aliphatic heterocycles. The first-order chi connectivity index (χ1) is 7.09. The molecule has 0 fully saturated rings. The Morgan fingerprint density at radius 3 is 2.80 bits per heavy atom. The van der Waals surface area contributed by atoms with E-state index in [1.165, 1.54) is 0 Å². The Kier molecular flexibility index (Phi) is 5.03. The maximum atomic E-state index is 5.92. The van der Waals surface area contributed by atoms with Crippen molar-refractivity contribution in [1.82, 2.24) is 10.3 Å². The molecule has 2 nitrogen and oxygen atoms in total. The molecule has 0 aliphatic carbocycles. The van der Waals surface area contributed by atoms with E-state index < -0.39 is 0 Å².